The lowest BCUT2D eigenvalue weighted by atomic mass is 9.96. The summed E-state index contributed by atoms with van der Waals surface area (Å²) in [6.07, 6.45) is 6.39. The fourth-order valence-corrected chi connectivity index (χ4v) is 14.6. The summed E-state index contributed by atoms with van der Waals surface area (Å²) in [4.78, 5) is 197. The number of aliphatic carboxylic acids is 1. The zero-order valence-corrected chi connectivity index (χ0v) is 71.2. The Bertz CT molecular complexity index is 3760. The number of urea groups is 1. The number of amides is 12. The third kappa shape index (κ3) is 38.3. The van der Waals surface area contributed by atoms with Crippen molar-refractivity contribution in [2.45, 2.75) is 233 Å². The first-order valence-electron chi connectivity index (χ1n) is 39.6. The topological polar surface area (TPSA) is 532 Å². The number of carboxylic acids is 1. The van der Waals surface area contributed by atoms with E-state index in [2.05, 4.69) is 41.5 Å². The average Bonchev–Trinajstić information content (AvgIpc) is 1.64. The van der Waals surface area contributed by atoms with Crippen LogP contribution in [0.3, 0.4) is 0 Å². The van der Waals surface area contributed by atoms with Crippen LogP contribution in [0, 0.1) is 17.8 Å². The van der Waals surface area contributed by atoms with E-state index in [1.807, 2.05) is 26.8 Å². The molecule has 3 rings (SSSR count). The van der Waals surface area contributed by atoms with Gasteiger partial charge in [0.25, 0.3) is 5.91 Å². The summed E-state index contributed by atoms with van der Waals surface area (Å²) in [7, 11) is -7.68. The Hall–Kier alpha value is -9.35. The Balaban J connectivity index is 1.55. The number of hydrogen-bond donors (Lipinski definition) is 13. The van der Waals surface area contributed by atoms with Crippen molar-refractivity contribution in [3.63, 3.8) is 0 Å². The van der Waals surface area contributed by atoms with Crippen LogP contribution in [0.1, 0.15) is 183 Å². The quantitative estimate of drug-likeness (QED) is 0.0105. The molecule has 1 fully saturated rings. The SMILES string of the molecule is C/C=C(\C)C[C@@H](C)CC/C=C(\CN(CCCCCCCOP(=O)(O)OP(=O)(O)OCCNC(=O)OCc1ccc(NC(=O)[C@@H](CCCNC(N)=O)NC(=O)[C@H](NC(=O)CCCCCN)C(C)C)cc1)C(=O)O)C(=O)O[C@@H]1CC(C)N([C@@H](C)C(=O)N(C)[C@H](Cc2ccccc2)C(=O)N(C)CC(=O)N[C@H](C(=O)N[C@H](C)C(=O)O)C(C)CC)C1=O. The Morgan fingerprint density at radius 2 is 1.33 bits per heavy atom. The van der Waals surface area contributed by atoms with Gasteiger partial charge in [-0.15, -0.1) is 0 Å². The molecule has 1 aliphatic rings. The number of unbranched alkanes of at least 4 members (excludes halogenated alkanes) is 6. The number of hydrogen-bond acceptors (Lipinski definition) is 21. The standard InChI is InChI=1S/C78H125N13O24P2/c1-13-51(5)44-52(6)28-26-31-59(75(102)114-63-45-54(8)91(73(63)99)56(10)71(97)89(12)62(46-57-29-20-18-21-30-57)72(98)88(11)48-65(93)87-67(53(7)14-2)70(96)83-55(9)74(100)101)47-90(78(105)106)41-24-16-15-17-25-42-112-116(107,108)115-117(109,110)113-43-40-82-77(104)111-49-58-34-36-60(37-35-58)84-68(94)61(32-27-39-81-76(80)103)85-69(95)66(50(3)4)86-64(92)33-22-19-23-38-79/h13,18,20-21,29-31,34-37,50,52-56,61-63,66-67H,14-17,19,22-28,32-33,38-49,79H2,1-12H3,(H,82,104)(H,83,96)(H,84,94)(H,85,95)(H,86,92)(H,87,93)(H,100,101)(H,105,106)(H,107,108)(H,109,110)(H3,80,81,103)/b51-13+,59-31+/t52-,53?,54?,55+,56-,61+,62+,63+,66+,67-/m0/s1. The van der Waals surface area contributed by atoms with E-state index >= 15 is 0 Å². The van der Waals surface area contributed by atoms with Crippen molar-refractivity contribution in [1.82, 2.24) is 51.5 Å². The number of carboxylic acid groups (broad SMARTS) is 2. The highest BCUT2D eigenvalue weighted by Gasteiger charge is 2.46. The first kappa shape index (κ1) is 102. The second kappa shape index (κ2) is 52.5. The predicted octanol–water partition coefficient (Wildman–Crippen LogP) is 6.89. The summed E-state index contributed by atoms with van der Waals surface area (Å²) in [5, 5.41) is 37.7. The minimum Gasteiger partial charge on any atom is -0.480 e. The number of carbonyl (C=O) groups is 13. The fourth-order valence-electron chi connectivity index (χ4n) is 12.5. The van der Waals surface area contributed by atoms with Crippen molar-refractivity contribution < 1.29 is 114 Å². The van der Waals surface area contributed by atoms with Gasteiger partial charge in [-0.1, -0.05) is 127 Å². The maximum atomic E-state index is 14.6. The van der Waals surface area contributed by atoms with Gasteiger partial charge in [-0.05, 0) is 140 Å². The van der Waals surface area contributed by atoms with Gasteiger partial charge in [0.05, 0.1) is 31.9 Å². The molecular weight excluding hydrogens is 1560 g/mol. The number of allylic oxidation sites excluding steroid dienone is 3. The number of nitrogens with zero attached hydrogens (tertiary/aromatic N) is 4. The van der Waals surface area contributed by atoms with Gasteiger partial charge in [-0.3, -0.25) is 52.2 Å². The van der Waals surface area contributed by atoms with E-state index in [0.29, 0.717) is 74.7 Å². The number of likely N-dealkylation sites (tertiary alicyclic amines) is 1. The molecule has 2 aromatic rings. The van der Waals surface area contributed by atoms with Crippen LogP contribution in [0.5, 0.6) is 0 Å². The molecule has 39 heteroatoms. The number of phosphoric ester groups is 2. The lowest BCUT2D eigenvalue weighted by Gasteiger charge is -2.36. The molecule has 1 aliphatic heterocycles. The van der Waals surface area contributed by atoms with Crippen molar-refractivity contribution in [1.29, 1.82) is 0 Å². The van der Waals surface area contributed by atoms with Gasteiger partial charge in [0, 0.05) is 64.7 Å². The number of ether oxygens (including phenoxy) is 2. The first-order chi connectivity index (χ1) is 55.1. The van der Waals surface area contributed by atoms with Crippen LogP contribution in [0.25, 0.3) is 0 Å². The fraction of sp³-hybridized carbons (Fsp3) is 0.628. The molecule has 0 radical (unpaired) electrons. The maximum Gasteiger partial charge on any atom is 0.481 e. The second-order valence-electron chi connectivity index (χ2n) is 29.7. The highest BCUT2D eigenvalue weighted by atomic mass is 31.3. The van der Waals surface area contributed by atoms with Crippen LogP contribution in [-0.4, -0.2) is 232 Å². The van der Waals surface area contributed by atoms with Gasteiger partial charge in [0.1, 0.15) is 42.9 Å². The van der Waals surface area contributed by atoms with E-state index in [1.54, 1.807) is 71.0 Å². The number of alkyl carbamates (subject to hydrolysis) is 1. The largest absolute Gasteiger partial charge is 0.481 e. The van der Waals surface area contributed by atoms with E-state index in [4.69, 9.17) is 30.0 Å². The highest BCUT2D eigenvalue weighted by Crippen LogP contribution is 2.60. The van der Waals surface area contributed by atoms with Crippen LogP contribution >= 0.6 is 15.6 Å². The molecule has 2 aromatic carbocycles. The second-order valence-corrected chi connectivity index (χ2v) is 32.8. The normalized spacial score (nSPS) is 16.7. The lowest BCUT2D eigenvalue weighted by molar-refractivity contribution is -0.156. The molecular formula is C78H125N13O24P2. The molecule has 0 aromatic heterocycles. The van der Waals surface area contributed by atoms with E-state index in [0.717, 1.165) is 34.6 Å². The first-order valence-corrected chi connectivity index (χ1v) is 42.6. The molecule has 0 bridgehead atoms. The molecule has 15 N–H and O–H groups in total. The smallest absolute Gasteiger partial charge is 0.480 e. The molecule has 0 saturated carbocycles. The van der Waals surface area contributed by atoms with Crippen molar-refractivity contribution >= 4 is 98.7 Å². The number of likely N-dealkylation sites (N-methyl/N-ethyl adjacent to an activating group) is 2. The molecule has 656 valence electrons. The van der Waals surface area contributed by atoms with Gasteiger partial charge in [-0.2, -0.15) is 4.31 Å². The maximum absolute atomic E-state index is 14.6. The number of phosphoric acid groups is 2. The number of anilines is 1. The molecule has 1 saturated heterocycles. The Morgan fingerprint density at radius 1 is 0.709 bits per heavy atom. The number of primary amides is 1. The van der Waals surface area contributed by atoms with Crippen LogP contribution in [0.4, 0.5) is 20.1 Å². The van der Waals surface area contributed by atoms with Crippen LogP contribution in [0.2, 0.25) is 0 Å². The number of nitrogens with two attached hydrogens (primary N) is 2. The third-order valence-corrected chi connectivity index (χ3v) is 22.3. The summed E-state index contributed by atoms with van der Waals surface area (Å²) in [6, 6.07) is 6.56. The van der Waals surface area contributed by atoms with Gasteiger partial charge in [-0.25, -0.2) is 28.3 Å². The number of rotatable bonds is 55. The minimum atomic E-state index is -5.24. The zero-order chi connectivity index (χ0) is 87.7. The molecule has 0 spiro atoms. The van der Waals surface area contributed by atoms with Gasteiger partial charge in [0.2, 0.25) is 41.4 Å². The summed E-state index contributed by atoms with van der Waals surface area (Å²) in [6.45, 7) is 15.2. The van der Waals surface area contributed by atoms with Crippen molar-refractivity contribution in [3.05, 3.63) is 89.0 Å². The number of nitrogens with one attached hydrogen (secondary N) is 7. The van der Waals surface area contributed by atoms with Gasteiger partial charge < -0.3 is 97.8 Å². The Kier molecular flexibility index (Phi) is 45.7. The van der Waals surface area contributed by atoms with Crippen LogP contribution in [-0.2, 0) is 92.9 Å². The molecule has 4 unspecified atom stereocenters. The lowest BCUT2D eigenvalue weighted by Crippen LogP contribution is -2.57. The summed E-state index contributed by atoms with van der Waals surface area (Å²) in [5.41, 5.74) is 13.3. The minimum absolute atomic E-state index is 0.0130. The molecule has 37 nitrogen and oxygen atoms in total. The molecule has 12 amide bonds. The monoisotopic (exact) mass is 1690 g/mol. The zero-order valence-electron chi connectivity index (χ0n) is 69.4. The van der Waals surface area contributed by atoms with Crippen molar-refractivity contribution in [2.24, 2.45) is 29.2 Å². The Morgan fingerprint density at radius 3 is 1.95 bits per heavy atom. The summed E-state index contributed by atoms with van der Waals surface area (Å²) in [5.74, 6) is -7.78. The molecule has 0 aliphatic carbocycles. The Labute approximate surface area is 685 Å². The third-order valence-electron chi connectivity index (χ3n) is 19.6. The van der Waals surface area contributed by atoms with E-state index in [9.17, 15) is 91.5 Å². The summed E-state index contributed by atoms with van der Waals surface area (Å²) < 4.78 is 50.4. The van der Waals surface area contributed by atoms with Gasteiger partial charge in [0.15, 0.2) is 6.10 Å². The van der Waals surface area contributed by atoms with E-state index in [-0.39, 0.29) is 81.5 Å². The summed E-state index contributed by atoms with van der Waals surface area (Å²) >= 11 is 0. The number of carbonyl (C=O) groups excluding carboxylic acids is 11. The number of benzene rings is 2. The predicted molar refractivity (Wildman–Crippen MR) is 433 cm³/mol. The molecule has 1 heterocycles. The average molecular weight is 1690 g/mol. The van der Waals surface area contributed by atoms with Crippen molar-refractivity contribution in [3.8, 4) is 0 Å². The van der Waals surface area contributed by atoms with Crippen molar-refractivity contribution in [2.75, 3.05) is 71.9 Å². The number of esters is 1. The highest BCUT2D eigenvalue weighted by molar-refractivity contribution is 7.61. The van der Waals surface area contributed by atoms with E-state index < -0.39 is 174 Å². The van der Waals surface area contributed by atoms with Crippen LogP contribution in [0.15, 0.2) is 77.9 Å². The van der Waals surface area contributed by atoms with E-state index in [1.165, 1.54) is 62.0 Å². The molecule has 117 heavy (non-hydrogen) atoms. The van der Waals surface area contributed by atoms with Crippen LogP contribution < -0.4 is 48.7 Å². The molecule has 12 atom stereocenters. The van der Waals surface area contributed by atoms with Gasteiger partial charge >= 0.3 is 45.8 Å².